The number of hydrogen-bond donors (Lipinski definition) is 1. The molecule has 0 spiro atoms. The van der Waals surface area contributed by atoms with Gasteiger partial charge in [0.05, 0.1) is 39.9 Å². The van der Waals surface area contributed by atoms with Crippen LogP contribution in [0.1, 0.15) is 23.7 Å². The minimum absolute atomic E-state index is 0.0553. The summed E-state index contributed by atoms with van der Waals surface area (Å²) in [7, 11) is -1.98. The molecule has 1 aromatic carbocycles. The predicted molar refractivity (Wildman–Crippen MR) is 106 cm³/mol. The predicted octanol–water partition coefficient (Wildman–Crippen LogP) is 1.87. The minimum atomic E-state index is -1.98. The fourth-order valence-corrected chi connectivity index (χ4v) is 4.60. The zero-order chi connectivity index (χ0) is 21.1. The van der Waals surface area contributed by atoms with E-state index in [0.717, 1.165) is 0 Å². The van der Waals surface area contributed by atoms with Crippen molar-refractivity contribution in [1.29, 1.82) is 0 Å². The Balaban J connectivity index is 2.15. The van der Waals surface area contributed by atoms with Gasteiger partial charge in [0, 0.05) is 13.1 Å². The molecule has 1 aliphatic rings. The van der Waals surface area contributed by atoms with Gasteiger partial charge in [-0.2, -0.15) is 0 Å². The molecule has 1 aliphatic heterocycles. The van der Waals surface area contributed by atoms with Crippen molar-refractivity contribution in [1.82, 2.24) is 9.97 Å². The van der Waals surface area contributed by atoms with Crippen LogP contribution in [0.3, 0.4) is 0 Å². The van der Waals surface area contributed by atoms with Crippen molar-refractivity contribution in [2.24, 2.45) is 5.73 Å². The first-order chi connectivity index (χ1) is 13.8. The molecular weight excluding hydrogens is 401 g/mol. The normalized spacial score (nSPS) is 19.0. The van der Waals surface area contributed by atoms with Gasteiger partial charge in [-0.25, -0.2) is 14.4 Å². The molecule has 3 atom stereocenters. The molecule has 0 bridgehead atoms. The molecule has 2 heterocycles. The Morgan fingerprint density at radius 3 is 2.79 bits per heavy atom. The van der Waals surface area contributed by atoms with E-state index in [9.17, 15) is 18.7 Å². The summed E-state index contributed by atoms with van der Waals surface area (Å²) in [5.41, 5.74) is 5.42. The molecule has 156 valence electrons. The van der Waals surface area contributed by atoms with Gasteiger partial charge in [-0.3, -0.25) is 14.3 Å². The molecule has 1 saturated heterocycles. The maximum Gasteiger partial charge on any atom is 0.334 e. The number of nitrogens with two attached hydrogens (primary N) is 1. The van der Waals surface area contributed by atoms with E-state index in [0.29, 0.717) is 19.8 Å². The van der Waals surface area contributed by atoms with Crippen molar-refractivity contribution >= 4 is 22.3 Å². The van der Waals surface area contributed by atoms with E-state index < -0.39 is 26.8 Å². The monoisotopic (exact) mass is 423 g/mol. The van der Waals surface area contributed by atoms with Crippen molar-refractivity contribution < 1.29 is 18.3 Å². The van der Waals surface area contributed by atoms with Crippen molar-refractivity contribution in [3.8, 4) is 0 Å². The molecule has 29 heavy (non-hydrogen) atoms. The van der Waals surface area contributed by atoms with E-state index in [1.165, 1.54) is 18.2 Å². The molecule has 1 fully saturated rings. The smallest absolute Gasteiger partial charge is 0.334 e. The molecule has 2 aromatic rings. The first-order valence-electron chi connectivity index (χ1n) is 9.07. The number of nitro groups is 1. The zero-order valence-corrected chi connectivity index (χ0v) is 16.9. The number of aryl methyl sites for hydroxylation is 1. The second-order valence-electron chi connectivity index (χ2n) is 6.65. The van der Waals surface area contributed by atoms with Gasteiger partial charge in [-0.15, -0.1) is 0 Å². The van der Waals surface area contributed by atoms with Crippen molar-refractivity contribution in [2.45, 2.75) is 30.0 Å². The molecule has 9 nitrogen and oxygen atoms in total. The van der Waals surface area contributed by atoms with Crippen LogP contribution in [-0.2, 0) is 15.5 Å². The van der Waals surface area contributed by atoms with Crippen molar-refractivity contribution in [3.05, 3.63) is 51.7 Å². The first-order valence-corrected chi connectivity index (χ1v) is 10.3. The molecule has 0 aliphatic carbocycles. The lowest BCUT2D eigenvalue weighted by Crippen LogP contribution is -2.44. The summed E-state index contributed by atoms with van der Waals surface area (Å²) in [5.74, 6) is -0.250. The summed E-state index contributed by atoms with van der Waals surface area (Å²) in [6.45, 7) is 4.48. The molecule has 0 amide bonds. The van der Waals surface area contributed by atoms with E-state index in [1.54, 1.807) is 17.9 Å². The number of rotatable bonds is 6. The number of halogens is 1. The minimum Gasteiger partial charge on any atom is -0.377 e. The van der Waals surface area contributed by atoms with Crippen LogP contribution in [0.4, 0.5) is 15.9 Å². The third-order valence-corrected chi connectivity index (χ3v) is 6.35. The summed E-state index contributed by atoms with van der Waals surface area (Å²) in [4.78, 5) is 21.6. The van der Waals surface area contributed by atoms with Crippen LogP contribution in [0.5, 0.6) is 0 Å². The molecule has 0 saturated carbocycles. The fourth-order valence-electron chi connectivity index (χ4n) is 3.28. The van der Waals surface area contributed by atoms with Gasteiger partial charge < -0.3 is 15.4 Å². The highest BCUT2D eigenvalue weighted by molar-refractivity contribution is 7.85. The largest absolute Gasteiger partial charge is 0.377 e. The lowest BCUT2D eigenvalue weighted by Gasteiger charge is -2.34. The Kier molecular flexibility index (Phi) is 6.50. The van der Waals surface area contributed by atoms with Gasteiger partial charge >= 0.3 is 5.69 Å². The van der Waals surface area contributed by atoms with Gasteiger partial charge in [0.15, 0.2) is 0 Å². The number of morpholine rings is 1. The highest BCUT2D eigenvalue weighted by Gasteiger charge is 2.37. The average Bonchev–Trinajstić information content (AvgIpc) is 2.68. The Morgan fingerprint density at radius 1 is 1.45 bits per heavy atom. The summed E-state index contributed by atoms with van der Waals surface area (Å²) in [5, 5.41) is 10.9. The van der Waals surface area contributed by atoms with Crippen LogP contribution < -0.4 is 10.6 Å². The van der Waals surface area contributed by atoms with Crippen LogP contribution in [0, 0.1) is 22.9 Å². The third-order valence-electron chi connectivity index (χ3n) is 4.66. The maximum absolute atomic E-state index is 14.2. The third kappa shape index (κ3) is 4.26. The number of hydrogen-bond acceptors (Lipinski definition) is 8. The quantitative estimate of drug-likeness (QED) is 0.551. The summed E-state index contributed by atoms with van der Waals surface area (Å²) < 4.78 is 32.7. The van der Waals surface area contributed by atoms with E-state index in [-0.39, 0.29) is 40.5 Å². The molecule has 2 N–H and O–H groups in total. The number of benzene rings is 1. The van der Waals surface area contributed by atoms with E-state index in [4.69, 9.17) is 10.5 Å². The van der Waals surface area contributed by atoms with Crippen LogP contribution in [0.2, 0.25) is 0 Å². The Morgan fingerprint density at radius 2 is 2.17 bits per heavy atom. The van der Waals surface area contributed by atoms with Gasteiger partial charge in [0.25, 0.3) is 0 Å². The Bertz CT molecular complexity index is 944. The van der Waals surface area contributed by atoms with Crippen LogP contribution in [-0.4, -0.2) is 51.4 Å². The summed E-state index contributed by atoms with van der Waals surface area (Å²) in [6, 6.07) is 5.44. The molecule has 3 unspecified atom stereocenters. The standard InChI is InChI=1S/C18H22FN5O4S/c1-11-10-28-8-7-23(11)18-17(24(25)26)16(21-12(2)22-18)15(9-20)29(27)14-6-4-3-5-13(14)19/h3-6,11,15H,7-10,20H2,1-2H3. The number of ether oxygens (including phenoxy) is 1. The van der Waals surface area contributed by atoms with Gasteiger partial charge in [-0.1, -0.05) is 12.1 Å². The summed E-state index contributed by atoms with van der Waals surface area (Å²) in [6.07, 6.45) is 0. The van der Waals surface area contributed by atoms with Crippen LogP contribution >= 0.6 is 0 Å². The SMILES string of the molecule is Cc1nc(C(CN)S(=O)c2ccccc2F)c([N+](=O)[O-])c(N2CCOCC2C)n1. The summed E-state index contributed by atoms with van der Waals surface area (Å²) >= 11 is 0. The number of aromatic nitrogens is 2. The highest BCUT2D eigenvalue weighted by Crippen LogP contribution is 2.37. The Hall–Kier alpha value is -2.50. The second-order valence-corrected chi connectivity index (χ2v) is 8.26. The maximum atomic E-state index is 14.2. The lowest BCUT2D eigenvalue weighted by atomic mass is 10.2. The molecular formula is C18H22FN5O4S. The lowest BCUT2D eigenvalue weighted by molar-refractivity contribution is -0.385. The highest BCUT2D eigenvalue weighted by atomic mass is 32.2. The fraction of sp³-hybridized carbons (Fsp3) is 0.444. The topological polar surface area (TPSA) is 124 Å². The van der Waals surface area contributed by atoms with E-state index >= 15 is 0 Å². The van der Waals surface area contributed by atoms with E-state index in [1.807, 2.05) is 6.92 Å². The zero-order valence-electron chi connectivity index (χ0n) is 16.1. The van der Waals surface area contributed by atoms with Gasteiger partial charge in [0.2, 0.25) is 5.82 Å². The van der Waals surface area contributed by atoms with Crippen molar-refractivity contribution in [3.63, 3.8) is 0 Å². The van der Waals surface area contributed by atoms with Crippen LogP contribution in [0.25, 0.3) is 0 Å². The van der Waals surface area contributed by atoms with Gasteiger partial charge in [-0.05, 0) is 26.0 Å². The van der Waals surface area contributed by atoms with Crippen molar-refractivity contribution in [2.75, 3.05) is 31.2 Å². The average molecular weight is 423 g/mol. The number of nitrogens with zero attached hydrogens (tertiary/aromatic N) is 4. The van der Waals surface area contributed by atoms with E-state index in [2.05, 4.69) is 9.97 Å². The Labute approximate surface area is 169 Å². The first kappa shape index (κ1) is 21.2. The number of anilines is 1. The van der Waals surface area contributed by atoms with Crippen LogP contribution in [0.15, 0.2) is 29.2 Å². The van der Waals surface area contributed by atoms with Gasteiger partial charge in [0.1, 0.15) is 22.6 Å². The second kappa shape index (κ2) is 8.89. The molecule has 0 radical (unpaired) electrons. The molecule has 11 heteroatoms. The molecule has 1 aromatic heterocycles. The molecule has 3 rings (SSSR count).